The van der Waals surface area contributed by atoms with E-state index in [4.69, 9.17) is 15.5 Å². The van der Waals surface area contributed by atoms with Gasteiger partial charge in [-0.1, -0.05) is 0 Å². The highest BCUT2D eigenvalue weighted by Gasteiger charge is 2.44. The molecule has 1 saturated heterocycles. The van der Waals surface area contributed by atoms with Gasteiger partial charge in [-0.25, -0.2) is 13.9 Å². The molecule has 1 aliphatic heterocycles. The Bertz CT molecular complexity index is 1680. The second-order valence-corrected chi connectivity index (χ2v) is 9.94. The summed E-state index contributed by atoms with van der Waals surface area (Å²) >= 11 is 0. The summed E-state index contributed by atoms with van der Waals surface area (Å²) in [5.74, 6) is 1.14. The zero-order chi connectivity index (χ0) is 25.4. The Balaban J connectivity index is 1.37. The van der Waals surface area contributed by atoms with Crippen LogP contribution in [0.25, 0.3) is 27.6 Å². The summed E-state index contributed by atoms with van der Waals surface area (Å²) in [5, 5.41) is 18.7. The number of ether oxygens (including phenoxy) is 1. The third-order valence-electron chi connectivity index (χ3n) is 7.64. The first-order valence-electron chi connectivity index (χ1n) is 12.3. The molecule has 5 heterocycles. The number of H-pyrrole nitrogens is 1. The van der Waals surface area contributed by atoms with Crippen LogP contribution in [-0.2, 0) is 0 Å². The molecule has 5 aromatic rings. The van der Waals surface area contributed by atoms with Crippen molar-refractivity contribution in [3.8, 4) is 11.8 Å². The van der Waals surface area contributed by atoms with Crippen molar-refractivity contribution in [3.05, 3.63) is 42.1 Å². The largest absolute Gasteiger partial charge is 0.421 e. The molecule has 1 unspecified atom stereocenters. The number of aromatic amines is 1. The highest BCUT2D eigenvalue weighted by atomic mass is 19.1. The number of piperidine rings is 1. The summed E-state index contributed by atoms with van der Waals surface area (Å²) in [5.41, 5.74) is 9.42. The molecule has 5 N–H and O–H groups in total. The van der Waals surface area contributed by atoms with Crippen molar-refractivity contribution >= 4 is 39.1 Å². The Kier molecular flexibility index (Phi) is 4.79. The summed E-state index contributed by atoms with van der Waals surface area (Å²) < 4.78 is 22.2. The van der Waals surface area contributed by atoms with E-state index in [0.717, 1.165) is 30.3 Å². The van der Waals surface area contributed by atoms with E-state index in [2.05, 4.69) is 30.3 Å². The molecule has 7 rings (SSSR count). The van der Waals surface area contributed by atoms with Crippen LogP contribution >= 0.6 is 0 Å². The zero-order valence-corrected chi connectivity index (χ0v) is 20.3. The molecule has 2 aliphatic rings. The molecule has 4 aromatic heterocycles. The van der Waals surface area contributed by atoms with Crippen LogP contribution in [0.5, 0.6) is 11.8 Å². The average Bonchev–Trinajstić information content (AvgIpc) is 3.64. The van der Waals surface area contributed by atoms with Gasteiger partial charge in [-0.05, 0) is 37.8 Å². The van der Waals surface area contributed by atoms with Crippen molar-refractivity contribution in [2.24, 2.45) is 11.7 Å². The van der Waals surface area contributed by atoms with E-state index in [-0.39, 0.29) is 23.9 Å². The van der Waals surface area contributed by atoms with Gasteiger partial charge >= 0.3 is 6.01 Å². The molecule has 0 radical (unpaired) electrons. The number of benzene rings is 1. The Morgan fingerprint density at radius 3 is 2.86 bits per heavy atom. The molecule has 2 bridgehead atoms. The topological polar surface area (TPSA) is 143 Å². The Hall–Kier alpha value is -4.03. The molecule has 4 atom stereocenters. The lowest BCUT2D eigenvalue weighted by molar-refractivity contribution is 0.200. The number of nitrogens with zero attached hydrogens (tertiary/aromatic N) is 6. The lowest BCUT2D eigenvalue weighted by Gasteiger charge is -2.31. The summed E-state index contributed by atoms with van der Waals surface area (Å²) in [6, 6.07) is 3.54. The van der Waals surface area contributed by atoms with E-state index in [1.54, 1.807) is 37.1 Å². The van der Waals surface area contributed by atoms with E-state index in [0.29, 0.717) is 45.4 Å². The number of nitrogens with one attached hydrogen (secondary N) is 2. The maximum Gasteiger partial charge on any atom is 0.326 e. The molecule has 1 saturated carbocycles. The molecule has 12 heteroatoms. The highest BCUT2D eigenvalue weighted by Crippen LogP contribution is 2.44. The zero-order valence-electron chi connectivity index (χ0n) is 20.3. The van der Waals surface area contributed by atoms with Crippen molar-refractivity contribution in [2.45, 2.75) is 38.0 Å². The van der Waals surface area contributed by atoms with E-state index in [9.17, 15) is 9.50 Å². The maximum atomic E-state index is 14.6. The molecule has 37 heavy (non-hydrogen) atoms. The van der Waals surface area contributed by atoms with Crippen LogP contribution in [0.1, 0.15) is 31.4 Å². The minimum absolute atomic E-state index is 0.136. The van der Waals surface area contributed by atoms with Gasteiger partial charge in [-0.3, -0.25) is 0 Å². The first-order chi connectivity index (χ1) is 17.9. The summed E-state index contributed by atoms with van der Waals surface area (Å²) in [7, 11) is 1.75. The second-order valence-electron chi connectivity index (χ2n) is 9.94. The van der Waals surface area contributed by atoms with Gasteiger partial charge in [-0.15, -0.1) is 0 Å². The number of hydrogen-bond acceptors (Lipinski definition) is 9. The van der Waals surface area contributed by atoms with Gasteiger partial charge in [-0.2, -0.15) is 15.1 Å². The standard InChI is InChI=1S/C25H26FN9O2/c1-11(36)17-8-30-35-10-15(7-29-23(17)35)37-25-32-22-20(16-4-13(26)5-19(28-2)21(16)31-22)24(33-25)34-9-12-3-14(34)6-18(12)27/h4-5,7-8,10-12,14,18,28,36H,3,6,9,27H2,1-2H3,(H,31,32,33)/t11?,12-,14-,18-/m1/s1. The van der Waals surface area contributed by atoms with Crippen LogP contribution < -0.4 is 20.7 Å². The minimum Gasteiger partial charge on any atom is -0.421 e. The molecular weight excluding hydrogens is 477 g/mol. The fourth-order valence-electron chi connectivity index (χ4n) is 5.86. The van der Waals surface area contributed by atoms with E-state index in [1.807, 2.05) is 0 Å². The second kappa shape index (κ2) is 7.98. The molecule has 11 nitrogen and oxygen atoms in total. The quantitative estimate of drug-likeness (QED) is 0.284. The Labute approximate surface area is 210 Å². The fourth-order valence-corrected chi connectivity index (χ4v) is 5.86. The minimum atomic E-state index is -0.691. The molecular formula is C25H26FN9O2. The van der Waals surface area contributed by atoms with Crippen molar-refractivity contribution in [1.82, 2.24) is 29.5 Å². The maximum absolute atomic E-state index is 14.6. The SMILES string of the molecule is CNc1cc(F)cc2c1[nH]c1nc(Oc3cnc4c(C(C)O)cnn4c3)nc(N3C[C@H]4C[C@@H]3C[C@H]4N)c12. The first-order valence-corrected chi connectivity index (χ1v) is 12.3. The third kappa shape index (κ3) is 3.39. The number of hydrogen-bond donors (Lipinski definition) is 4. The van der Waals surface area contributed by atoms with Crippen molar-refractivity contribution in [2.75, 3.05) is 23.8 Å². The number of anilines is 2. The third-order valence-corrected chi connectivity index (χ3v) is 7.64. The van der Waals surface area contributed by atoms with Crippen LogP contribution in [-0.4, -0.2) is 60.3 Å². The van der Waals surface area contributed by atoms with E-state index in [1.165, 1.54) is 12.1 Å². The highest BCUT2D eigenvalue weighted by molar-refractivity contribution is 6.14. The predicted molar refractivity (Wildman–Crippen MR) is 136 cm³/mol. The van der Waals surface area contributed by atoms with Gasteiger partial charge < -0.3 is 30.8 Å². The average molecular weight is 504 g/mol. The van der Waals surface area contributed by atoms with Gasteiger partial charge in [0.2, 0.25) is 0 Å². The van der Waals surface area contributed by atoms with E-state index < -0.39 is 6.10 Å². The van der Waals surface area contributed by atoms with Crippen LogP contribution in [0.4, 0.5) is 15.9 Å². The van der Waals surface area contributed by atoms with Crippen LogP contribution in [0, 0.1) is 11.7 Å². The Morgan fingerprint density at radius 2 is 2.14 bits per heavy atom. The number of halogens is 1. The molecule has 1 aliphatic carbocycles. The van der Waals surface area contributed by atoms with Crippen molar-refractivity contribution in [1.29, 1.82) is 0 Å². The fraction of sp³-hybridized carbons (Fsp3) is 0.360. The van der Waals surface area contributed by atoms with Crippen molar-refractivity contribution < 1.29 is 14.2 Å². The number of rotatable bonds is 5. The number of fused-ring (bicyclic) bond motifs is 6. The van der Waals surface area contributed by atoms with Gasteiger partial charge in [0, 0.05) is 36.6 Å². The number of aliphatic hydroxyl groups is 1. The van der Waals surface area contributed by atoms with Crippen LogP contribution in [0.3, 0.4) is 0 Å². The lowest BCUT2D eigenvalue weighted by Crippen LogP contribution is -2.41. The summed E-state index contributed by atoms with van der Waals surface area (Å²) in [6.07, 6.45) is 5.99. The van der Waals surface area contributed by atoms with Gasteiger partial charge in [0.25, 0.3) is 0 Å². The first kappa shape index (κ1) is 22.2. The molecule has 1 aromatic carbocycles. The monoisotopic (exact) mass is 503 g/mol. The normalized spacial score (nSPS) is 22.0. The molecule has 0 amide bonds. The number of nitrogens with two attached hydrogens (primary N) is 1. The molecule has 190 valence electrons. The van der Waals surface area contributed by atoms with Gasteiger partial charge in [0.15, 0.2) is 11.4 Å². The van der Waals surface area contributed by atoms with Gasteiger partial charge in [0.1, 0.15) is 17.3 Å². The summed E-state index contributed by atoms with van der Waals surface area (Å²) in [4.78, 5) is 19.5. The van der Waals surface area contributed by atoms with E-state index >= 15 is 0 Å². The van der Waals surface area contributed by atoms with Crippen molar-refractivity contribution in [3.63, 3.8) is 0 Å². The number of aromatic nitrogens is 6. The van der Waals surface area contributed by atoms with Crippen LogP contribution in [0.2, 0.25) is 0 Å². The van der Waals surface area contributed by atoms with Crippen LogP contribution in [0.15, 0.2) is 30.7 Å². The molecule has 0 spiro atoms. The van der Waals surface area contributed by atoms with Gasteiger partial charge in [0.05, 0.1) is 41.3 Å². The lowest BCUT2D eigenvalue weighted by atomic mass is 10.0. The smallest absolute Gasteiger partial charge is 0.326 e. The predicted octanol–water partition coefficient (Wildman–Crippen LogP) is 3.11. The Morgan fingerprint density at radius 1 is 1.27 bits per heavy atom. The molecule has 2 fully saturated rings. The number of aliphatic hydroxyl groups excluding tert-OH is 1. The summed E-state index contributed by atoms with van der Waals surface area (Å²) in [6.45, 7) is 2.44.